The summed E-state index contributed by atoms with van der Waals surface area (Å²) in [6.45, 7) is 9.88. The lowest BCUT2D eigenvalue weighted by Crippen LogP contribution is -2.22. The Morgan fingerprint density at radius 3 is 2.78 bits per heavy atom. The van der Waals surface area contributed by atoms with Crippen LogP contribution in [0.15, 0.2) is 6.07 Å². The smallest absolute Gasteiger partial charge is 0.348 e. The average Bonchev–Trinajstić information content (AvgIpc) is 3.00. The predicted octanol–water partition coefficient (Wildman–Crippen LogP) is 3.08. The molecule has 0 aromatic carbocycles. The first-order valence-electron chi connectivity index (χ1n) is 7.70. The number of hydrogen-bond acceptors (Lipinski definition) is 6. The molecule has 2 aromatic heterocycles. The van der Waals surface area contributed by atoms with E-state index in [2.05, 4.69) is 24.6 Å². The molecule has 2 heterocycles. The van der Waals surface area contributed by atoms with Crippen molar-refractivity contribution in [3.05, 3.63) is 16.8 Å². The number of aromatic nitrogens is 2. The molecule has 128 valence electrons. The van der Waals surface area contributed by atoms with E-state index >= 15 is 0 Å². The number of esters is 1. The van der Waals surface area contributed by atoms with Crippen molar-refractivity contribution in [3.8, 4) is 0 Å². The van der Waals surface area contributed by atoms with Crippen molar-refractivity contribution in [2.75, 3.05) is 13.2 Å². The highest BCUT2D eigenvalue weighted by Gasteiger charge is 2.18. The first-order chi connectivity index (χ1) is 10.9. The molecule has 8 heteroatoms. The maximum absolute atomic E-state index is 11.8. The van der Waals surface area contributed by atoms with Gasteiger partial charge in [0.05, 0.1) is 12.1 Å². The maximum atomic E-state index is 11.8. The molecule has 0 aliphatic heterocycles. The van der Waals surface area contributed by atoms with Gasteiger partial charge in [0.25, 0.3) is 0 Å². The van der Waals surface area contributed by atoms with Crippen LogP contribution in [-0.2, 0) is 22.8 Å². The van der Waals surface area contributed by atoms with E-state index in [0.29, 0.717) is 35.5 Å². The number of ether oxygens (including phenoxy) is 2. The standard InChI is InChI=1S/C15H24N2O4SSi/c1-5-21-15(19)12-8-11-14(22-12)16-13(9-18)17(11)10-20-6-7-23(2,3)4/h8,18H,5-7,9-10H2,1-4H3. The summed E-state index contributed by atoms with van der Waals surface area (Å²) < 4.78 is 12.6. The molecule has 0 unspecified atom stereocenters. The van der Waals surface area contributed by atoms with Gasteiger partial charge >= 0.3 is 5.97 Å². The molecular weight excluding hydrogens is 332 g/mol. The molecular formula is C15H24N2O4SSi. The van der Waals surface area contributed by atoms with E-state index in [9.17, 15) is 9.90 Å². The zero-order valence-corrected chi connectivity index (χ0v) is 15.9. The molecule has 23 heavy (non-hydrogen) atoms. The second-order valence-electron chi connectivity index (χ2n) is 6.48. The van der Waals surface area contributed by atoms with Gasteiger partial charge in [0.15, 0.2) is 0 Å². The Morgan fingerprint density at radius 2 is 2.17 bits per heavy atom. The fourth-order valence-electron chi connectivity index (χ4n) is 2.06. The summed E-state index contributed by atoms with van der Waals surface area (Å²) in [5.41, 5.74) is 0.801. The number of thiophene rings is 1. The second-order valence-corrected chi connectivity index (χ2v) is 13.1. The van der Waals surface area contributed by atoms with E-state index in [4.69, 9.17) is 9.47 Å². The summed E-state index contributed by atoms with van der Waals surface area (Å²) in [6, 6.07) is 2.84. The summed E-state index contributed by atoms with van der Waals surface area (Å²) in [7, 11) is -1.13. The van der Waals surface area contributed by atoms with Crippen molar-refractivity contribution in [2.45, 2.75) is 45.9 Å². The lowest BCUT2D eigenvalue weighted by molar-refractivity contribution is 0.0532. The lowest BCUT2D eigenvalue weighted by Gasteiger charge is -2.16. The normalized spacial score (nSPS) is 12.0. The molecule has 6 nitrogen and oxygen atoms in total. The van der Waals surface area contributed by atoms with Gasteiger partial charge in [-0.2, -0.15) is 0 Å². The van der Waals surface area contributed by atoms with Crippen LogP contribution < -0.4 is 0 Å². The molecule has 0 aliphatic rings. The van der Waals surface area contributed by atoms with Crippen LogP contribution >= 0.6 is 11.3 Å². The van der Waals surface area contributed by atoms with Crippen LogP contribution in [-0.4, -0.2) is 41.9 Å². The third kappa shape index (κ3) is 4.63. The average molecular weight is 357 g/mol. The van der Waals surface area contributed by atoms with Gasteiger partial charge < -0.3 is 19.1 Å². The van der Waals surface area contributed by atoms with Crippen LogP contribution in [0, 0.1) is 0 Å². The van der Waals surface area contributed by atoms with Gasteiger partial charge in [-0.1, -0.05) is 19.6 Å². The molecule has 0 bridgehead atoms. The molecule has 2 aromatic rings. The van der Waals surface area contributed by atoms with Gasteiger partial charge in [-0.05, 0) is 19.0 Å². The number of rotatable bonds is 8. The Kier molecular flexibility index (Phi) is 5.96. The van der Waals surface area contributed by atoms with Crippen LogP contribution in [0.1, 0.15) is 22.4 Å². The number of fused-ring (bicyclic) bond motifs is 1. The predicted molar refractivity (Wildman–Crippen MR) is 93.6 cm³/mol. The van der Waals surface area contributed by atoms with E-state index in [0.717, 1.165) is 11.6 Å². The molecule has 2 rings (SSSR count). The summed E-state index contributed by atoms with van der Waals surface area (Å²) in [4.78, 5) is 17.4. The van der Waals surface area contributed by atoms with Crippen molar-refractivity contribution in [2.24, 2.45) is 0 Å². The van der Waals surface area contributed by atoms with Crippen molar-refractivity contribution in [1.82, 2.24) is 9.55 Å². The number of carbonyl (C=O) groups excluding carboxylic acids is 1. The topological polar surface area (TPSA) is 73.6 Å². The Labute approximate surface area is 141 Å². The quantitative estimate of drug-likeness (QED) is 0.447. The van der Waals surface area contributed by atoms with Crippen LogP contribution in [0.25, 0.3) is 10.3 Å². The van der Waals surface area contributed by atoms with Gasteiger partial charge in [0, 0.05) is 14.7 Å². The minimum Gasteiger partial charge on any atom is -0.462 e. The minimum absolute atomic E-state index is 0.159. The highest BCUT2D eigenvalue weighted by Crippen LogP contribution is 2.27. The summed E-state index contributed by atoms with van der Waals surface area (Å²) in [5, 5.41) is 9.47. The summed E-state index contributed by atoms with van der Waals surface area (Å²) in [6.07, 6.45) is 0. The summed E-state index contributed by atoms with van der Waals surface area (Å²) >= 11 is 1.27. The highest BCUT2D eigenvalue weighted by molar-refractivity contribution is 7.20. The largest absolute Gasteiger partial charge is 0.462 e. The summed E-state index contributed by atoms with van der Waals surface area (Å²) in [5.74, 6) is 0.210. The number of imidazole rings is 1. The number of carbonyl (C=O) groups is 1. The molecule has 0 amide bonds. The molecule has 0 aliphatic carbocycles. The molecule has 0 radical (unpaired) electrons. The first-order valence-corrected chi connectivity index (χ1v) is 12.2. The third-order valence-electron chi connectivity index (χ3n) is 3.36. The molecule has 0 saturated heterocycles. The van der Waals surface area contributed by atoms with E-state index < -0.39 is 8.07 Å². The molecule has 0 atom stereocenters. The number of nitrogens with zero attached hydrogens (tertiary/aromatic N) is 2. The molecule has 0 spiro atoms. The first kappa shape index (κ1) is 18.1. The zero-order chi connectivity index (χ0) is 17.0. The Hall–Kier alpha value is -1.22. The lowest BCUT2D eigenvalue weighted by atomic mass is 10.4. The van der Waals surface area contributed by atoms with Crippen molar-refractivity contribution < 1.29 is 19.4 Å². The highest BCUT2D eigenvalue weighted by atomic mass is 32.1. The molecule has 0 saturated carbocycles. The van der Waals surface area contributed by atoms with E-state index in [1.165, 1.54) is 11.3 Å². The maximum Gasteiger partial charge on any atom is 0.348 e. The van der Waals surface area contributed by atoms with Crippen LogP contribution in [0.5, 0.6) is 0 Å². The Balaban J connectivity index is 2.14. The van der Waals surface area contributed by atoms with Gasteiger partial charge in [0.2, 0.25) is 0 Å². The Morgan fingerprint density at radius 1 is 1.43 bits per heavy atom. The van der Waals surface area contributed by atoms with Gasteiger partial charge in [-0.25, -0.2) is 9.78 Å². The fourth-order valence-corrected chi connectivity index (χ4v) is 3.77. The van der Waals surface area contributed by atoms with Gasteiger partial charge in [-0.15, -0.1) is 11.3 Å². The number of aliphatic hydroxyl groups is 1. The van der Waals surface area contributed by atoms with Crippen LogP contribution in [0.2, 0.25) is 25.7 Å². The van der Waals surface area contributed by atoms with Gasteiger partial charge in [-0.3, -0.25) is 0 Å². The van der Waals surface area contributed by atoms with Crippen molar-refractivity contribution >= 4 is 35.7 Å². The minimum atomic E-state index is -1.13. The molecule has 1 N–H and O–H groups in total. The number of aliphatic hydroxyl groups excluding tert-OH is 1. The van der Waals surface area contributed by atoms with Crippen molar-refractivity contribution in [1.29, 1.82) is 0 Å². The van der Waals surface area contributed by atoms with Gasteiger partial charge in [0.1, 0.15) is 28.9 Å². The SMILES string of the molecule is CCOC(=O)c1cc2c(nc(CO)n2COCC[Si](C)(C)C)s1. The van der Waals surface area contributed by atoms with E-state index in [1.807, 2.05) is 4.57 Å². The van der Waals surface area contributed by atoms with E-state index in [1.54, 1.807) is 13.0 Å². The van der Waals surface area contributed by atoms with Crippen molar-refractivity contribution in [3.63, 3.8) is 0 Å². The second kappa shape index (κ2) is 7.56. The number of hydrogen-bond donors (Lipinski definition) is 1. The molecule has 0 fully saturated rings. The zero-order valence-electron chi connectivity index (χ0n) is 14.1. The van der Waals surface area contributed by atoms with Crippen LogP contribution in [0.4, 0.5) is 0 Å². The fraction of sp³-hybridized carbons (Fsp3) is 0.600. The van der Waals surface area contributed by atoms with E-state index in [-0.39, 0.29) is 12.6 Å². The third-order valence-corrected chi connectivity index (χ3v) is 6.06. The Bertz CT molecular complexity index is 675. The van der Waals surface area contributed by atoms with Crippen LogP contribution in [0.3, 0.4) is 0 Å². The monoisotopic (exact) mass is 356 g/mol.